The van der Waals surface area contributed by atoms with E-state index in [9.17, 15) is 18.0 Å². The molecule has 0 spiro atoms. The van der Waals surface area contributed by atoms with Gasteiger partial charge in [0.05, 0.1) is 10.7 Å². The molecule has 172 valence electrons. The Hall–Kier alpha value is -3.53. The van der Waals surface area contributed by atoms with Crippen LogP contribution in [0.5, 0.6) is 5.75 Å². The SMILES string of the molecule is Cc1ccc(S(=O)(=O)Oc2ccc(/C=C3/C(=O)NC(=S)N(c4ccccc4)C3=O)cc2Cl)cc1. The van der Waals surface area contributed by atoms with Crippen molar-refractivity contribution in [2.45, 2.75) is 11.8 Å². The molecule has 1 heterocycles. The van der Waals surface area contributed by atoms with Gasteiger partial charge < -0.3 is 4.18 Å². The van der Waals surface area contributed by atoms with E-state index in [-0.39, 0.29) is 26.4 Å². The van der Waals surface area contributed by atoms with Crippen LogP contribution in [0.3, 0.4) is 0 Å². The number of thiocarbonyl (C=S) groups is 1. The molecule has 0 radical (unpaired) electrons. The van der Waals surface area contributed by atoms with Crippen molar-refractivity contribution >= 4 is 62.6 Å². The summed E-state index contributed by atoms with van der Waals surface area (Å²) in [5.41, 5.74) is 1.65. The smallest absolute Gasteiger partial charge is 0.339 e. The number of anilines is 1. The van der Waals surface area contributed by atoms with Gasteiger partial charge in [-0.15, -0.1) is 0 Å². The first kappa shape index (κ1) is 23.6. The van der Waals surface area contributed by atoms with Gasteiger partial charge in [-0.25, -0.2) is 0 Å². The highest BCUT2D eigenvalue weighted by Crippen LogP contribution is 2.30. The first-order valence-electron chi connectivity index (χ1n) is 9.93. The van der Waals surface area contributed by atoms with Crippen molar-refractivity contribution in [3.05, 3.63) is 94.5 Å². The normalized spacial score (nSPS) is 15.4. The van der Waals surface area contributed by atoms with Gasteiger partial charge in [0.15, 0.2) is 10.9 Å². The summed E-state index contributed by atoms with van der Waals surface area (Å²) in [6, 6.07) is 19.1. The predicted octanol–water partition coefficient (Wildman–Crippen LogP) is 4.25. The van der Waals surface area contributed by atoms with Gasteiger partial charge >= 0.3 is 10.1 Å². The van der Waals surface area contributed by atoms with E-state index >= 15 is 0 Å². The maximum atomic E-state index is 13.0. The van der Waals surface area contributed by atoms with E-state index in [1.165, 1.54) is 41.3 Å². The van der Waals surface area contributed by atoms with Crippen LogP contribution in [0.2, 0.25) is 5.02 Å². The average molecular weight is 513 g/mol. The second-order valence-electron chi connectivity index (χ2n) is 7.33. The molecule has 0 aliphatic carbocycles. The van der Waals surface area contributed by atoms with E-state index in [4.69, 9.17) is 28.0 Å². The summed E-state index contributed by atoms with van der Waals surface area (Å²) < 4.78 is 30.3. The Kier molecular flexibility index (Phi) is 6.52. The minimum atomic E-state index is -4.09. The molecular weight excluding hydrogens is 496 g/mol. The monoisotopic (exact) mass is 512 g/mol. The number of amides is 2. The molecule has 1 fully saturated rings. The number of hydrogen-bond acceptors (Lipinski definition) is 6. The van der Waals surface area contributed by atoms with Gasteiger partial charge in [-0.05, 0) is 67.2 Å². The highest BCUT2D eigenvalue weighted by Gasteiger charge is 2.34. The summed E-state index contributed by atoms with van der Waals surface area (Å²) >= 11 is 11.4. The van der Waals surface area contributed by atoms with Gasteiger partial charge in [0.2, 0.25) is 0 Å². The van der Waals surface area contributed by atoms with Crippen molar-refractivity contribution in [1.29, 1.82) is 0 Å². The van der Waals surface area contributed by atoms with E-state index in [1.807, 2.05) is 6.92 Å². The summed E-state index contributed by atoms with van der Waals surface area (Å²) in [4.78, 5) is 26.7. The summed E-state index contributed by atoms with van der Waals surface area (Å²) in [6.45, 7) is 1.84. The molecular formula is C24H17ClN2O5S2. The van der Waals surface area contributed by atoms with Gasteiger partial charge in [-0.1, -0.05) is 53.6 Å². The van der Waals surface area contributed by atoms with Gasteiger partial charge in [0.1, 0.15) is 10.5 Å². The first-order chi connectivity index (χ1) is 16.2. The minimum Gasteiger partial charge on any atom is -0.377 e. The molecule has 0 saturated carbocycles. The number of carbonyl (C=O) groups excluding carboxylic acids is 2. The fraction of sp³-hybridized carbons (Fsp3) is 0.0417. The third-order valence-corrected chi connectivity index (χ3v) is 6.72. The average Bonchev–Trinajstić information content (AvgIpc) is 2.79. The van der Waals surface area contributed by atoms with E-state index in [2.05, 4.69) is 5.32 Å². The summed E-state index contributed by atoms with van der Waals surface area (Å²) in [5, 5.41) is 2.46. The number of benzene rings is 3. The molecule has 2 amide bonds. The fourth-order valence-corrected chi connectivity index (χ4v) is 4.68. The Labute approximate surface area is 206 Å². The van der Waals surface area contributed by atoms with Crippen LogP contribution in [0.4, 0.5) is 5.69 Å². The Bertz CT molecular complexity index is 1440. The number of carbonyl (C=O) groups is 2. The van der Waals surface area contributed by atoms with Crippen LogP contribution < -0.4 is 14.4 Å². The number of para-hydroxylation sites is 1. The lowest BCUT2D eigenvalue weighted by Crippen LogP contribution is -2.54. The number of hydrogen-bond donors (Lipinski definition) is 1. The Morgan fingerprint density at radius 2 is 1.68 bits per heavy atom. The Balaban J connectivity index is 1.61. The van der Waals surface area contributed by atoms with Gasteiger partial charge in [0.25, 0.3) is 11.8 Å². The topological polar surface area (TPSA) is 92.8 Å². The van der Waals surface area contributed by atoms with Crippen LogP contribution in [0.25, 0.3) is 6.08 Å². The molecule has 1 aliphatic rings. The summed E-state index contributed by atoms with van der Waals surface area (Å²) in [5.74, 6) is -1.34. The molecule has 4 rings (SSSR count). The van der Waals surface area contributed by atoms with Crippen LogP contribution in [-0.4, -0.2) is 25.3 Å². The van der Waals surface area contributed by atoms with Crippen molar-refractivity contribution < 1.29 is 22.2 Å². The van der Waals surface area contributed by atoms with Crippen LogP contribution >= 0.6 is 23.8 Å². The van der Waals surface area contributed by atoms with E-state index in [1.54, 1.807) is 42.5 Å². The van der Waals surface area contributed by atoms with E-state index in [0.29, 0.717) is 11.3 Å². The second kappa shape index (κ2) is 9.38. The number of aryl methyl sites for hydroxylation is 1. The molecule has 0 atom stereocenters. The Morgan fingerprint density at radius 1 is 1.00 bits per heavy atom. The number of nitrogens with one attached hydrogen (secondary N) is 1. The van der Waals surface area contributed by atoms with Gasteiger partial charge in [0, 0.05) is 0 Å². The maximum absolute atomic E-state index is 13.0. The number of halogens is 1. The summed E-state index contributed by atoms with van der Waals surface area (Å²) in [7, 11) is -4.09. The largest absolute Gasteiger partial charge is 0.377 e. The molecule has 3 aromatic rings. The Morgan fingerprint density at radius 3 is 2.32 bits per heavy atom. The molecule has 1 aliphatic heterocycles. The zero-order chi connectivity index (χ0) is 24.5. The van der Waals surface area contributed by atoms with Crippen molar-refractivity contribution in [2.75, 3.05) is 4.90 Å². The van der Waals surface area contributed by atoms with Crippen LogP contribution in [-0.2, 0) is 19.7 Å². The van der Waals surface area contributed by atoms with Crippen molar-refractivity contribution in [3.8, 4) is 5.75 Å². The maximum Gasteiger partial charge on any atom is 0.339 e. The first-order valence-corrected chi connectivity index (χ1v) is 12.1. The third-order valence-electron chi connectivity index (χ3n) is 4.89. The van der Waals surface area contributed by atoms with Crippen LogP contribution in [0.15, 0.2) is 83.3 Å². The molecule has 10 heteroatoms. The molecule has 0 bridgehead atoms. The third kappa shape index (κ3) is 4.86. The highest BCUT2D eigenvalue weighted by atomic mass is 35.5. The quantitative estimate of drug-likeness (QED) is 0.238. The van der Waals surface area contributed by atoms with Crippen LogP contribution in [0.1, 0.15) is 11.1 Å². The molecule has 3 aromatic carbocycles. The lowest BCUT2D eigenvalue weighted by Gasteiger charge is -2.28. The number of nitrogens with zero attached hydrogens (tertiary/aromatic N) is 1. The number of rotatable bonds is 5. The molecule has 7 nitrogen and oxygen atoms in total. The fourth-order valence-electron chi connectivity index (χ4n) is 3.18. The predicted molar refractivity (Wildman–Crippen MR) is 133 cm³/mol. The van der Waals surface area contributed by atoms with E-state index in [0.717, 1.165) is 5.56 Å². The van der Waals surface area contributed by atoms with E-state index < -0.39 is 21.9 Å². The van der Waals surface area contributed by atoms with Crippen LogP contribution in [0, 0.1) is 6.92 Å². The molecule has 1 saturated heterocycles. The zero-order valence-corrected chi connectivity index (χ0v) is 20.1. The molecule has 34 heavy (non-hydrogen) atoms. The van der Waals surface area contributed by atoms with Crippen molar-refractivity contribution in [2.24, 2.45) is 0 Å². The molecule has 0 aromatic heterocycles. The highest BCUT2D eigenvalue weighted by molar-refractivity contribution is 7.87. The van der Waals surface area contributed by atoms with Gasteiger partial charge in [-0.3, -0.25) is 19.8 Å². The van der Waals surface area contributed by atoms with Gasteiger partial charge in [-0.2, -0.15) is 8.42 Å². The lowest BCUT2D eigenvalue weighted by atomic mass is 10.1. The second-order valence-corrected chi connectivity index (χ2v) is 9.67. The minimum absolute atomic E-state index is 0.0101. The lowest BCUT2D eigenvalue weighted by molar-refractivity contribution is -0.122. The molecule has 1 N–H and O–H groups in total. The van der Waals surface area contributed by atoms with Crippen molar-refractivity contribution in [3.63, 3.8) is 0 Å². The molecule has 0 unspecified atom stereocenters. The summed E-state index contributed by atoms with van der Waals surface area (Å²) in [6.07, 6.45) is 1.35. The standard InChI is InChI=1S/C24H17ClN2O5S2/c1-15-7-10-18(11-8-15)34(30,31)32-21-12-9-16(14-20(21)25)13-19-22(28)26-24(33)27(23(19)29)17-5-3-2-4-6-17/h2-14H,1H3,(H,26,28,33)/b19-13-. The van der Waals surface area contributed by atoms with Crippen molar-refractivity contribution in [1.82, 2.24) is 5.32 Å². The zero-order valence-electron chi connectivity index (χ0n) is 17.7.